The van der Waals surface area contributed by atoms with Crippen molar-refractivity contribution in [2.45, 2.75) is 37.8 Å². The number of sulfonamides is 1. The van der Waals surface area contributed by atoms with Crippen LogP contribution in [0.2, 0.25) is 0 Å². The highest BCUT2D eigenvalue weighted by Gasteiger charge is 2.51. The summed E-state index contributed by atoms with van der Waals surface area (Å²) in [6.07, 6.45) is 5.88. The molecule has 2 amide bonds. The molecule has 1 aliphatic carbocycles. The van der Waals surface area contributed by atoms with Gasteiger partial charge in [0.15, 0.2) is 0 Å². The number of rotatable bonds is 6. The molecule has 11 heteroatoms. The maximum Gasteiger partial charge on any atom is 0.309 e. The van der Waals surface area contributed by atoms with Crippen LogP contribution in [-0.2, 0) is 25.2 Å². The summed E-state index contributed by atoms with van der Waals surface area (Å²) in [6.45, 7) is 2.60. The van der Waals surface area contributed by atoms with Gasteiger partial charge in [-0.2, -0.15) is 5.10 Å². The van der Waals surface area contributed by atoms with Crippen molar-refractivity contribution in [2.75, 3.05) is 25.4 Å². The van der Waals surface area contributed by atoms with E-state index in [0.29, 0.717) is 13.0 Å². The fourth-order valence-corrected chi connectivity index (χ4v) is 5.06. The Kier molecular flexibility index (Phi) is 5.40. The molecule has 0 spiro atoms. The standard InChI is InChI=1S/C15H22BrN5O4S/c1-11(15(3-4-15)21-10-12(16)9-18-21)19-14(23)13(22)17-5-7-20-6-2-8-26(20,24)25/h9-11H,2-8H2,1H3,(H,17,22)(H,19,23). The van der Waals surface area contributed by atoms with Crippen molar-refractivity contribution >= 4 is 37.8 Å². The second-order valence-electron chi connectivity index (χ2n) is 6.73. The molecular weight excluding hydrogens is 426 g/mol. The minimum absolute atomic E-state index is 0.108. The molecule has 1 atom stereocenters. The van der Waals surface area contributed by atoms with Gasteiger partial charge in [-0.1, -0.05) is 0 Å². The van der Waals surface area contributed by atoms with Gasteiger partial charge >= 0.3 is 11.8 Å². The Labute approximate surface area is 160 Å². The number of carbonyl (C=O) groups excluding carboxylic acids is 2. The molecule has 9 nitrogen and oxygen atoms in total. The second-order valence-corrected chi connectivity index (χ2v) is 9.73. The van der Waals surface area contributed by atoms with Crippen LogP contribution in [0.1, 0.15) is 26.2 Å². The van der Waals surface area contributed by atoms with Gasteiger partial charge in [-0.3, -0.25) is 14.3 Å². The lowest BCUT2D eigenvalue weighted by molar-refractivity contribution is -0.139. The van der Waals surface area contributed by atoms with Crippen molar-refractivity contribution in [3.05, 3.63) is 16.9 Å². The SMILES string of the molecule is CC(NC(=O)C(=O)NCCN1CCCS1(=O)=O)C1(n2cc(Br)cn2)CC1. The van der Waals surface area contributed by atoms with Crippen LogP contribution in [-0.4, -0.2) is 65.7 Å². The number of halogens is 1. The molecule has 0 aromatic carbocycles. The maximum absolute atomic E-state index is 12.1. The van der Waals surface area contributed by atoms with Crippen LogP contribution in [0.4, 0.5) is 0 Å². The van der Waals surface area contributed by atoms with E-state index in [0.717, 1.165) is 17.3 Å². The second kappa shape index (κ2) is 7.28. The zero-order chi connectivity index (χ0) is 18.9. The predicted molar refractivity (Wildman–Crippen MR) is 97.7 cm³/mol. The fourth-order valence-electron chi connectivity index (χ4n) is 3.25. The van der Waals surface area contributed by atoms with Gasteiger partial charge in [0.1, 0.15) is 0 Å². The van der Waals surface area contributed by atoms with E-state index in [1.807, 2.05) is 17.8 Å². The topological polar surface area (TPSA) is 113 Å². The van der Waals surface area contributed by atoms with Gasteiger partial charge in [-0.05, 0) is 42.1 Å². The number of carbonyl (C=O) groups is 2. The Hall–Kier alpha value is -1.46. The first-order valence-corrected chi connectivity index (χ1v) is 10.9. The van der Waals surface area contributed by atoms with E-state index in [9.17, 15) is 18.0 Å². The summed E-state index contributed by atoms with van der Waals surface area (Å²) < 4.78 is 27.4. The van der Waals surface area contributed by atoms with Crippen molar-refractivity contribution < 1.29 is 18.0 Å². The maximum atomic E-state index is 12.1. The van der Waals surface area contributed by atoms with Crippen molar-refractivity contribution in [2.24, 2.45) is 0 Å². The third-order valence-electron chi connectivity index (χ3n) is 4.98. The summed E-state index contributed by atoms with van der Waals surface area (Å²) >= 11 is 3.36. The van der Waals surface area contributed by atoms with Crippen LogP contribution in [0.5, 0.6) is 0 Å². The summed E-state index contributed by atoms with van der Waals surface area (Å²) in [6, 6.07) is -0.258. The number of aromatic nitrogens is 2. The van der Waals surface area contributed by atoms with E-state index < -0.39 is 21.8 Å². The largest absolute Gasteiger partial charge is 0.347 e. The highest BCUT2D eigenvalue weighted by Crippen LogP contribution is 2.46. The van der Waals surface area contributed by atoms with E-state index in [4.69, 9.17) is 0 Å². The van der Waals surface area contributed by atoms with Gasteiger partial charge in [0, 0.05) is 25.8 Å². The van der Waals surface area contributed by atoms with Gasteiger partial charge in [-0.25, -0.2) is 12.7 Å². The Morgan fingerprint density at radius 1 is 1.38 bits per heavy atom. The van der Waals surface area contributed by atoms with E-state index in [1.54, 1.807) is 6.20 Å². The molecule has 0 radical (unpaired) electrons. The number of nitrogens with zero attached hydrogens (tertiary/aromatic N) is 3. The summed E-state index contributed by atoms with van der Waals surface area (Å²) in [7, 11) is -3.20. The van der Waals surface area contributed by atoms with Gasteiger partial charge in [-0.15, -0.1) is 0 Å². The molecule has 0 bridgehead atoms. The highest BCUT2D eigenvalue weighted by molar-refractivity contribution is 9.10. The normalized spacial score (nSPS) is 21.9. The minimum atomic E-state index is -3.20. The number of hydrogen-bond donors (Lipinski definition) is 2. The van der Waals surface area contributed by atoms with Crippen LogP contribution < -0.4 is 10.6 Å². The molecule has 2 aliphatic rings. The molecule has 3 rings (SSSR count). The van der Waals surface area contributed by atoms with E-state index in [1.165, 1.54) is 4.31 Å². The summed E-state index contributed by atoms with van der Waals surface area (Å²) in [5.74, 6) is -1.34. The number of amides is 2. The molecule has 2 fully saturated rings. The number of nitrogens with one attached hydrogen (secondary N) is 2. The highest BCUT2D eigenvalue weighted by atomic mass is 79.9. The zero-order valence-corrected chi connectivity index (χ0v) is 16.8. The van der Waals surface area contributed by atoms with Crippen molar-refractivity contribution in [1.82, 2.24) is 24.7 Å². The van der Waals surface area contributed by atoms with Gasteiger partial charge < -0.3 is 10.6 Å². The molecule has 2 N–H and O–H groups in total. The zero-order valence-electron chi connectivity index (χ0n) is 14.4. The summed E-state index contributed by atoms with van der Waals surface area (Å²) in [4.78, 5) is 24.1. The van der Waals surface area contributed by atoms with Crippen LogP contribution >= 0.6 is 15.9 Å². The van der Waals surface area contributed by atoms with E-state index in [-0.39, 0.29) is 30.4 Å². The third-order valence-corrected chi connectivity index (χ3v) is 7.35. The molecule has 1 unspecified atom stereocenters. The predicted octanol–water partition coefficient (Wildman–Crippen LogP) is -0.209. The lowest BCUT2D eigenvalue weighted by atomic mass is 10.1. The lowest BCUT2D eigenvalue weighted by Gasteiger charge is -2.24. The minimum Gasteiger partial charge on any atom is -0.347 e. The molecule has 1 aromatic rings. The first kappa shape index (κ1) is 19.3. The Morgan fingerprint density at radius 3 is 2.65 bits per heavy atom. The molecule has 2 heterocycles. The van der Waals surface area contributed by atoms with Crippen LogP contribution in [0.15, 0.2) is 16.9 Å². The molecule has 144 valence electrons. The molecular formula is C15H22BrN5O4S. The summed E-state index contributed by atoms with van der Waals surface area (Å²) in [5.41, 5.74) is -0.300. The quantitative estimate of drug-likeness (QED) is 0.585. The molecule has 1 aliphatic heterocycles. The fraction of sp³-hybridized carbons (Fsp3) is 0.667. The summed E-state index contributed by atoms with van der Waals surface area (Å²) in [5, 5.41) is 9.49. The number of hydrogen-bond acceptors (Lipinski definition) is 5. The Morgan fingerprint density at radius 2 is 2.12 bits per heavy atom. The van der Waals surface area contributed by atoms with Gasteiger partial charge in [0.05, 0.1) is 28.0 Å². The molecule has 1 saturated heterocycles. The van der Waals surface area contributed by atoms with Crippen molar-refractivity contribution in [3.63, 3.8) is 0 Å². The molecule has 26 heavy (non-hydrogen) atoms. The van der Waals surface area contributed by atoms with Crippen LogP contribution in [0.25, 0.3) is 0 Å². The van der Waals surface area contributed by atoms with Gasteiger partial charge in [0.25, 0.3) is 0 Å². The Balaban J connectivity index is 1.48. The van der Waals surface area contributed by atoms with E-state index in [2.05, 4.69) is 31.7 Å². The first-order chi connectivity index (χ1) is 12.2. The van der Waals surface area contributed by atoms with Crippen LogP contribution in [0.3, 0.4) is 0 Å². The average molecular weight is 448 g/mol. The van der Waals surface area contributed by atoms with Crippen LogP contribution in [0, 0.1) is 0 Å². The van der Waals surface area contributed by atoms with E-state index >= 15 is 0 Å². The third kappa shape index (κ3) is 3.94. The van der Waals surface area contributed by atoms with Crippen molar-refractivity contribution in [3.8, 4) is 0 Å². The molecule has 1 aromatic heterocycles. The van der Waals surface area contributed by atoms with Gasteiger partial charge in [0.2, 0.25) is 10.0 Å². The monoisotopic (exact) mass is 447 g/mol. The smallest absolute Gasteiger partial charge is 0.309 e. The van der Waals surface area contributed by atoms with Crippen molar-refractivity contribution in [1.29, 1.82) is 0 Å². The lowest BCUT2D eigenvalue weighted by Crippen LogP contribution is -2.50. The molecule has 1 saturated carbocycles. The Bertz CT molecular complexity index is 805. The average Bonchev–Trinajstić information content (AvgIpc) is 3.17. The first-order valence-electron chi connectivity index (χ1n) is 8.52.